The molecule has 0 unspecified atom stereocenters. The number of nitrogen functional groups attached to an aromatic ring is 1. The maximum absolute atomic E-state index is 5.96. The third-order valence-corrected chi connectivity index (χ3v) is 3.28. The van der Waals surface area contributed by atoms with Gasteiger partial charge in [0.15, 0.2) is 11.6 Å². The first-order chi connectivity index (χ1) is 9.34. The van der Waals surface area contributed by atoms with E-state index in [0.717, 1.165) is 43.5 Å². The Balaban J connectivity index is 1.69. The number of rotatable bonds is 2. The Morgan fingerprint density at radius 1 is 0.947 bits per heavy atom. The number of anilines is 3. The van der Waals surface area contributed by atoms with E-state index in [1.165, 1.54) is 0 Å². The summed E-state index contributed by atoms with van der Waals surface area (Å²) >= 11 is 0. The third-order valence-electron chi connectivity index (χ3n) is 3.28. The van der Waals surface area contributed by atoms with Gasteiger partial charge in [0.2, 0.25) is 0 Å². The third kappa shape index (κ3) is 2.42. The molecule has 6 heteroatoms. The SMILES string of the molecule is Nc1cccnc1N1CCN(c2cccnn2)CC1. The van der Waals surface area contributed by atoms with Crippen molar-refractivity contribution in [2.45, 2.75) is 0 Å². The fourth-order valence-electron chi connectivity index (χ4n) is 2.28. The van der Waals surface area contributed by atoms with Gasteiger partial charge in [-0.2, -0.15) is 5.10 Å². The average Bonchev–Trinajstić information content (AvgIpc) is 2.49. The molecule has 6 nitrogen and oxygen atoms in total. The van der Waals surface area contributed by atoms with Gasteiger partial charge in [-0.3, -0.25) is 0 Å². The van der Waals surface area contributed by atoms with Crippen LogP contribution in [0, 0.1) is 0 Å². The Kier molecular flexibility index (Phi) is 3.14. The first kappa shape index (κ1) is 11.7. The summed E-state index contributed by atoms with van der Waals surface area (Å²) in [5, 5.41) is 8.05. The highest BCUT2D eigenvalue weighted by Gasteiger charge is 2.20. The van der Waals surface area contributed by atoms with E-state index in [1.807, 2.05) is 24.3 Å². The molecule has 1 fully saturated rings. The first-order valence-electron chi connectivity index (χ1n) is 6.33. The van der Waals surface area contributed by atoms with Crippen molar-refractivity contribution < 1.29 is 0 Å². The second kappa shape index (κ2) is 5.09. The molecular formula is C13H16N6. The Morgan fingerprint density at radius 3 is 2.37 bits per heavy atom. The number of nitrogens with zero attached hydrogens (tertiary/aromatic N) is 5. The van der Waals surface area contributed by atoms with Crippen LogP contribution in [0.4, 0.5) is 17.3 Å². The Morgan fingerprint density at radius 2 is 1.68 bits per heavy atom. The van der Waals surface area contributed by atoms with Gasteiger partial charge in [0.25, 0.3) is 0 Å². The molecular weight excluding hydrogens is 240 g/mol. The first-order valence-corrected chi connectivity index (χ1v) is 6.33. The van der Waals surface area contributed by atoms with Crippen LogP contribution in [0.25, 0.3) is 0 Å². The number of hydrogen-bond donors (Lipinski definition) is 1. The van der Waals surface area contributed by atoms with Crippen LogP contribution in [0.5, 0.6) is 0 Å². The topological polar surface area (TPSA) is 71.2 Å². The smallest absolute Gasteiger partial charge is 0.151 e. The molecule has 1 aliphatic rings. The molecule has 3 heterocycles. The predicted octanol–water partition coefficient (Wildman–Crippen LogP) is 0.780. The van der Waals surface area contributed by atoms with Crippen LogP contribution in [-0.4, -0.2) is 41.4 Å². The fraction of sp³-hybridized carbons (Fsp3) is 0.308. The van der Waals surface area contributed by atoms with Crippen LogP contribution in [-0.2, 0) is 0 Å². The van der Waals surface area contributed by atoms with Crippen LogP contribution in [0.3, 0.4) is 0 Å². The van der Waals surface area contributed by atoms with Crippen LogP contribution in [0.2, 0.25) is 0 Å². The van der Waals surface area contributed by atoms with Gasteiger partial charge in [-0.15, -0.1) is 5.10 Å². The summed E-state index contributed by atoms with van der Waals surface area (Å²) < 4.78 is 0. The lowest BCUT2D eigenvalue weighted by atomic mass is 10.3. The van der Waals surface area contributed by atoms with Crippen molar-refractivity contribution >= 4 is 17.3 Å². The maximum Gasteiger partial charge on any atom is 0.151 e. The van der Waals surface area contributed by atoms with Crippen LogP contribution < -0.4 is 15.5 Å². The molecule has 2 aromatic heterocycles. The van der Waals surface area contributed by atoms with E-state index in [0.29, 0.717) is 0 Å². The molecule has 0 atom stereocenters. The van der Waals surface area contributed by atoms with Crippen LogP contribution in [0.15, 0.2) is 36.7 Å². The highest BCUT2D eigenvalue weighted by Crippen LogP contribution is 2.21. The highest BCUT2D eigenvalue weighted by molar-refractivity contribution is 5.62. The van der Waals surface area contributed by atoms with E-state index in [9.17, 15) is 0 Å². The second-order valence-corrected chi connectivity index (χ2v) is 4.47. The summed E-state index contributed by atoms with van der Waals surface area (Å²) in [6.07, 6.45) is 3.47. The monoisotopic (exact) mass is 256 g/mol. The van der Waals surface area contributed by atoms with Gasteiger partial charge in [-0.05, 0) is 24.3 Å². The van der Waals surface area contributed by atoms with Crippen molar-refractivity contribution in [1.29, 1.82) is 0 Å². The van der Waals surface area contributed by atoms with Gasteiger partial charge in [0, 0.05) is 38.6 Å². The minimum Gasteiger partial charge on any atom is -0.396 e. The lowest BCUT2D eigenvalue weighted by Crippen LogP contribution is -2.47. The quantitative estimate of drug-likeness (QED) is 0.856. The lowest BCUT2D eigenvalue weighted by Gasteiger charge is -2.36. The van der Waals surface area contributed by atoms with E-state index in [1.54, 1.807) is 12.4 Å². The zero-order valence-corrected chi connectivity index (χ0v) is 10.6. The van der Waals surface area contributed by atoms with Gasteiger partial charge in [-0.1, -0.05) is 0 Å². The van der Waals surface area contributed by atoms with Gasteiger partial charge in [0.1, 0.15) is 0 Å². The van der Waals surface area contributed by atoms with E-state index < -0.39 is 0 Å². The number of pyridine rings is 1. The summed E-state index contributed by atoms with van der Waals surface area (Å²) in [5.41, 5.74) is 6.69. The largest absolute Gasteiger partial charge is 0.396 e. The standard InChI is InChI=1S/C13H16N6/c14-11-3-1-5-15-13(11)19-9-7-18(8-10-19)12-4-2-6-16-17-12/h1-6H,7-10,14H2. The average molecular weight is 256 g/mol. The highest BCUT2D eigenvalue weighted by atomic mass is 15.3. The molecule has 3 rings (SSSR count). The van der Waals surface area contributed by atoms with Gasteiger partial charge in [0.05, 0.1) is 5.69 Å². The van der Waals surface area contributed by atoms with E-state index in [-0.39, 0.29) is 0 Å². The molecule has 0 aliphatic carbocycles. The van der Waals surface area contributed by atoms with E-state index >= 15 is 0 Å². The van der Waals surface area contributed by atoms with Crippen molar-refractivity contribution in [1.82, 2.24) is 15.2 Å². The summed E-state index contributed by atoms with van der Waals surface area (Å²) in [6, 6.07) is 7.63. The molecule has 98 valence electrons. The summed E-state index contributed by atoms with van der Waals surface area (Å²) in [4.78, 5) is 8.79. The maximum atomic E-state index is 5.96. The van der Waals surface area contributed by atoms with E-state index in [2.05, 4.69) is 25.0 Å². The normalized spacial score (nSPS) is 15.6. The molecule has 2 aromatic rings. The molecule has 1 aliphatic heterocycles. The van der Waals surface area contributed by atoms with E-state index in [4.69, 9.17) is 5.73 Å². The molecule has 2 N–H and O–H groups in total. The molecule has 0 bridgehead atoms. The van der Waals surface area contributed by atoms with Gasteiger partial charge in [-0.25, -0.2) is 4.98 Å². The molecule has 1 saturated heterocycles. The zero-order chi connectivity index (χ0) is 13.1. The summed E-state index contributed by atoms with van der Waals surface area (Å²) in [6.45, 7) is 3.57. The van der Waals surface area contributed by atoms with Crippen molar-refractivity contribution in [3.63, 3.8) is 0 Å². The molecule has 0 radical (unpaired) electrons. The van der Waals surface area contributed by atoms with Crippen molar-refractivity contribution in [2.24, 2.45) is 0 Å². The van der Waals surface area contributed by atoms with Gasteiger partial charge >= 0.3 is 0 Å². The molecule has 0 saturated carbocycles. The Hall–Kier alpha value is -2.37. The Labute approximate surface area is 111 Å². The molecule has 19 heavy (non-hydrogen) atoms. The summed E-state index contributed by atoms with van der Waals surface area (Å²) in [7, 11) is 0. The second-order valence-electron chi connectivity index (χ2n) is 4.47. The lowest BCUT2D eigenvalue weighted by molar-refractivity contribution is 0.639. The summed E-state index contributed by atoms with van der Waals surface area (Å²) in [5.74, 6) is 1.80. The minimum absolute atomic E-state index is 0.732. The van der Waals surface area contributed by atoms with Crippen molar-refractivity contribution in [3.8, 4) is 0 Å². The van der Waals surface area contributed by atoms with Crippen molar-refractivity contribution in [3.05, 3.63) is 36.7 Å². The minimum atomic E-state index is 0.732. The van der Waals surface area contributed by atoms with Crippen LogP contribution in [0.1, 0.15) is 0 Å². The van der Waals surface area contributed by atoms with Crippen LogP contribution >= 0.6 is 0 Å². The number of nitrogens with two attached hydrogens (primary N) is 1. The Bertz CT molecular complexity index is 536. The molecule has 0 amide bonds. The van der Waals surface area contributed by atoms with Crippen molar-refractivity contribution in [2.75, 3.05) is 41.7 Å². The number of hydrogen-bond acceptors (Lipinski definition) is 6. The van der Waals surface area contributed by atoms with Gasteiger partial charge < -0.3 is 15.5 Å². The zero-order valence-electron chi connectivity index (χ0n) is 10.6. The fourth-order valence-corrected chi connectivity index (χ4v) is 2.28. The number of aromatic nitrogens is 3. The molecule has 0 spiro atoms. The predicted molar refractivity (Wildman–Crippen MR) is 75.1 cm³/mol. The molecule has 0 aromatic carbocycles. The number of piperazine rings is 1.